The highest BCUT2D eigenvalue weighted by molar-refractivity contribution is 5.93. The third-order valence-corrected chi connectivity index (χ3v) is 5.51. The van der Waals surface area contributed by atoms with Crippen molar-refractivity contribution < 1.29 is 4.79 Å². The normalized spacial score (nSPS) is 17.8. The van der Waals surface area contributed by atoms with Gasteiger partial charge in [-0.2, -0.15) is 0 Å². The number of hydrogen-bond acceptors (Lipinski definition) is 3. The summed E-state index contributed by atoms with van der Waals surface area (Å²) in [7, 11) is 0. The van der Waals surface area contributed by atoms with Gasteiger partial charge in [-0.05, 0) is 69.3 Å². The number of H-pyrrole nitrogens is 1. The number of nitrogens with one attached hydrogen (secondary N) is 3. The van der Waals surface area contributed by atoms with Crippen molar-refractivity contribution in [3.63, 3.8) is 0 Å². The number of nitrogens with zero attached hydrogens (tertiary/aromatic N) is 1. The fourth-order valence-corrected chi connectivity index (χ4v) is 3.71. The maximum Gasteiger partial charge on any atom is 0.224 e. The molecule has 7 heteroatoms. The summed E-state index contributed by atoms with van der Waals surface area (Å²) in [6.07, 6.45) is 7.76. The Morgan fingerprint density at radius 3 is 2.62 bits per heavy atom. The van der Waals surface area contributed by atoms with Crippen LogP contribution in [-0.4, -0.2) is 29.0 Å². The van der Waals surface area contributed by atoms with Gasteiger partial charge in [-0.1, -0.05) is 6.42 Å². The first-order chi connectivity index (χ1) is 11.8. The predicted octanol–water partition coefficient (Wildman–Crippen LogP) is 4.39. The van der Waals surface area contributed by atoms with Gasteiger partial charge in [0.15, 0.2) is 0 Å². The standard InChI is InChI=1S/C19H26N4O.2ClH/c24-18(7-4-13-8-10-20-11-9-13)21-15-5-6-16-17(12-15)23-19(22-16)14-2-1-3-14;;/h5-6,12-14,20H,1-4,7-11H2,(H,21,24)(H,22,23);2*1H. The molecule has 1 aromatic carbocycles. The third-order valence-electron chi connectivity index (χ3n) is 5.51. The van der Waals surface area contributed by atoms with Gasteiger partial charge in [-0.3, -0.25) is 4.79 Å². The molecule has 144 valence electrons. The number of aromatic amines is 1. The van der Waals surface area contributed by atoms with Gasteiger partial charge in [0.25, 0.3) is 0 Å². The van der Waals surface area contributed by atoms with E-state index in [1.807, 2.05) is 18.2 Å². The van der Waals surface area contributed by atoms with E-state index in [0.29, 0.717) is 18.3 Å². The van der Waals surface area contributed by atoms with E-state index < -0.39 is 0 Å². The summed E-state index contributed by atoms with van der Waals surface area (Å²) in [5.41, 5.74) is 2.87. The number of amides is 1. The van der Waals surface area contributed by atoms with E-state index in [2.05, 4.69) is 20.6 Å². The molecular formula is C19H28Cl2N4O. The van der Waals surface area contributed by atoms with Gasteiger partial charge in [0.2, 0.25) is 5.91 Å². The number of rotatable bonds is 5. The van der Waals surface area contributed by atoms with Crippen LogP contribution < -0.4 is 10.6 Å². The van der Waals surface area contributed by atoms with Crippen LogP contribution in [0, 0.1) is 5.92 Å². The number of carbonyl (C=O) groups is 1. The second kappa shape index (κ2) is 9.58. The topological polar surface area (TPSA) is 69.8 Å². The van der Waals surface area contributed by atoms with Crippen molar-refractivity contribution in [3.8, 4) is 0 Å². The molecule has 2 heterocycles. The highest BCUT2D eigenvalue weighted by Crippen LogP contribution is 2.35. The number of piperidine rings is 1. The first-order valence-corrected chi connectivity index (χ1v) is 9.28. The molecule has 2 aromatic rings. The number of halogens is 2. The lowest BCUT2D eigenvalue weighted by molar-refractivity contribution is -0.116. The molecule has 1 saturated heterocycles. The van der Waals surface area contributed by atoms with Crippen LogP contribution in [0.1, 0.15) is 56.7 Å². The molecular weight excluding hydrogens is 371 g/mol. The number of fused-ring (bicyclic) bond motifs is 1. The van der Waals surface area contributed by atoms with Crippen molar-refractivity contribution in [2.24, 2.45) is 5.92 Å². The summed E-state index contributed by atoms with van der Waals surface area (Å²) in [5.74, 6) is 2.51. The maximum atomic E-state index is 12.2. The van der Waals surface area contributed by atoms with Crippen molar-refractivity contribution >= 4 is 47.4 Å². The summed E-state index contributed by atoms with van der Waals surface area (Å²) in [6, 6.07) is 5.96. The minimum Gasteiger partial charge on any atom is -0.342 e. The zero-order valence-electron chi connectivity index (χ0n) is 14.9. The van der Waals surface area contributed by atoms with E-state index in [-0.39, 0.29) is 30.7 Å². The van der Waals surface area contributed by atoms with Crippen LogP contribution in [-0.2, 0) is 4.79 Å². The van der Waals surface area contributed by atoms with Gasteiger partial charge >= 0.3 is 0 Å². The van der Waals surface area contributed by atoms with Gasteiger partial charge < -0.3 is 15.6 Å². The summed E-state index contributed by atoms with van der Waals surface area (Å²) in [5, 5.41) is 6.41. The van der Waals surface area contributed by atoms with E-state index in [0.717, 1.165) is 42.1 Å². The van der Waals surface area contributed by atoms with Crippen LogP contribution in [0.25, 0.3) is 11.0 Å². The highest BCUT2D eigenvalue weighted by atomic mass is 35.5. The molecule has 1 amide bonds. The minimum absolute atomic E-state index is 0. The van der Waals surface area contributed by atoms with Crippen LogP contribution >= 0.6 is 24.8 Å². The molecule has 2 aliphatic rings. The summed E-state index contributed by atoms with van der Waals surface area (Å²) < 4.78 is 0. The largest absolute Gasteiger partial charge is 0.342 e. The zero-order valence-corrected chi connectivity index (χ0v) is 16.6. The monoisotopic (exact) mass is 398 g/mol. The van der Waals surface area contributed by atoms with Crippen LogP contribution in [0.15, 0.2) is 18.2 Å². The molecule has 1 aliphatic heterocycles. The molecule has 3 N–H and O–H groups in total. The fraction of sp³-hybridized carbons (Fsp3) is 0.579. The second-order valence-corrected chi connectivity index (χ2v) is 7.26. The van der Waals surface area contributed by atoms with Crippen molar-refractivity contribution in [2.45, 2.75) is 50.9 Å². The highest BCUT2D eigenvalue weighted by Gasteiger charge is 2.22. The average molecular weight is 399 g/mol. The number of anilines is 1. The van der Waals surface area contributed by atoms with Crippen LogP contribution in [0.3, 0.4) is 0 Å². The Hall–Kier alpha value is -1.30. The first-order valence-electron chi connectivity index (χ1n) is 9.28. The van der Waals surface area contributed by atoms with Gasteiger partial charge in [-0.25, -0.2) is 4.98 Å². The van der Waals surface area contributed by atoms with E-state index in [9.17, 15) is 4.79 Å². The van der Waals surface area contributed by atoms with Gasteiger partial charge in [-0.15, -0.1) is 24.8 Å². The molecule has 2 fully saturated rings. The third kappa shape index (κ3) is 4.90. The van der Waals surface area contributed by atoms with Crippen molar-refractivity contribution in [2.75, 3.05) is 18.4 Å². The van der Waals surface area contributed by atoms with Gasteiger partial charge in [0.05, 0.1) is 11.0 Å². The minimum atomic E-state index is 0. The van der Waals surface area contributed by atoms with Gasteiger partial charge in [0.1, 0.15) is 5.82 Å². The molecule has 0 bridgehead atoms. The fourth-order valence-electron chi connectivity index (χ4n) is 3.71. The van der Waals surface area contributed by atoms with Crippen molar-refractivity contribution in [1.29, 1.82) is 0 Å². The number of hydrogen-bond donors (Lipinski definition) is 3. The SMILES string of the molecule is Cl.Cl.O=C(CCC1CCNCC1)Nc1ccc2nc(C3CCC3)[nH]c2c1. The molecule has 26 heavy (non-hydrogen) atoms. The average Bonchev–Trinajstić information content (AvgIpc) is 2.94. The van der Waals surface area contributed by atoms with E-state index in [4.69, 9.17) is 0 Å². The Bertz CT molecular complexity index is 723. The van der Waals surface area contributed by atoms with E-state index in [1.165, 1.54) is 32.1 Å². The Labute approximate surface area is 166 Å². The van der Waals surface area contributed by atoms with Gasteiger partial charge in [0, 0.05) is 18.0 Å². The maximum absolute atomic E-state index is 12.2. The molecule has 1 aromatic heterocycles. The predicted molar refractivity (Wildman–Crippen MR) is 111 cm³/mol. The van der Waals surface area contributed by atoms with Crippen molar-refractivity contribution in [3.05, 3.63) is 24.0 Å². The molecule has 0 atom stereocenters. The summed E-state index contributed by atoms with van der Waals surface area (Å²) >= 11 is 0. The Kier molecular flexibility index (Phi) is 7.74. The lowest BCUT2D eigenvalue weighted by Gasteiger charge is -2.22. The molecule has 0 unspecified atom stereocenters. The first kappa shape index (κ1) is 21.0. The zero-order chi connectivity index (χ0) is 16.4. The Balaban J connectivity index is 0.00000121. The quantitative estimate of drug-likeness (QED) is 0.698. The molecule has 0 radical (unpaired) electrons. The molecule has 1 saturated carbocycles. The molecule has 5 nitrogen and oxygen atoms in total. The lowest BCUT2D eigenvalue weighted by atomic mass is 9.85. The Morgan fingerprint density at radius 2 is 1.92 bits per heavy atom. The Morgan fingerprint density at radius 1 is 1.15 bits per heavy atom. The number of benzene rings is 1. The smallest absolute Gasteiger partial charge is 0.224 e. The molecule has 4 rings (SSSR count). The second-order valence-electron chi connectivity index (χ2n) is 7.26. The summed E-state index contributed by atoms with van der Waals surface area (Å²) in [6.45, 7) is 2.18. The number of aromatic nitrogens is 2. The van der Waals surface area contributed by atoms with Crippen molar-refractivity contribution in [1.82, 2.24) is 15.3 Å². The molecule has 1 aliphatic carbocycles. The lowest BCUT2D eigenvalue weighted by Crippen LogP contribution is -2.28. The van der Waals surface area contributed by atoms with E-state index in [1.54, 1.807) is 0 Å². The van der Waals surface area contributed by atoms with Crippen LogP contribution in [0.5, 0.6) is 0 Å². The van der Waals surface area contributed by atoms with Crippen LogP contribution in [0.2, 0.25) is 0 Å². The molecule has 0 spiro atoms. The van der Waals surface area contributed by atoms with Crippen LogP contribution in [0.4, 0.5) is 5.69 Å². The summed E-state index contributed by atoms with van der Waals surface area (Å²) in [4.78, 5) is 20.3. The van der Waals surface area contributed by atoms with E-state index >= 15 is 0 Å². The number of imidazole rings is 1. The number of carbonyl (C=O) groups excluding carboxylic acids is 1.